The minimum atomic E-state index is -0.0601. The standard InChI is InChI=1S/C27H35N5O2/c1-5-28-27(33)31(20(2)3)19-23-22-18-30(17-21-11-7-6-8-12-21)16-15-24(22)32(29-23)25-13-9-10-14-26(25)34-4/h6-14,20H,5,15-19H2,1-4H3,(H,28,33). The van der Waals surface area contributed by atoms with Crippen molar-refractivity contribution in [1.82, 2.24) is 24.9 Å². The number of aromatic nitrogens is 2. The first-order chi connectivity index (χ1) is 16.5. The largest absolute Gasteiger partial charge is 0.494 e. The van der Waals surface area contributed by atoms with Gasteiger partial charge in [-0.25, -0.2) is 9.48 Å². The highest BCUT2D eigenvalue weighted by atomic mass is 16.5. The molecule has 1 aliphatic heterocycles. The highest BCUT2D eigenvalue weighted by Crippen LogP contribution is 2.31. The molecule has 7 heteroatoms. The number of hydrogen-bond acceptors (Lipinski definition) is 4. The maximum atomic E-state index is 12.8. The summed E-state index contributed by atoms with van der Waals surface area (Å²) in [7, 11) is 1.69. The smallest absolute Gasteiger partial charge is 0.317 e. The Morgan fingerprint density at radius 2 is 1.88 bits per heavy atom. The molecule has 0 radical (unpaired) electrons. The fourth-order valence-corrected chi connectivity index (χ4v) is 4.55. The minimum absolute atomic E-state index is 0.0580. The Morgan fingerprint density at radius 3 is 2.59 bits per heavy atom. The first-order valence-electron chi connectivity index (χ1n) is 12.1. The van der Waals surface area contributed by atoms with Crippen LogP contribution in [0.5, 0.6) is 5.75 Å². The predicted molar refractivity (Wildman–Crippen MR) is 134 cm³/mol. The van der Waals surface area contributed by atoms with E-state index in [4.69, 9.17) is 9.84 Å². The van der Waals surface area contributed by atoms with E-state index in [1.165, 1.54) is 16.8 Å². The van der Waals surface area contributed by atoms with Gasteiger partial charge in [-0.15, -0.1) is 0 Å². The lowest BCUT2D eigenvalue weighted by Gasteiger charge is -2.29. The van der Waals surface area contributed by atoms with Gasteiger partial charge in [0.05, 0.1) is 25.0 Å². The van der Waals surface area contributed by atoms with E-state index in [0.29, 0.717) is 13.1 Å². The van der Waals surface area contributed by atoms with Gasteiger partial charge in [-0.3, -0.25) is 4.90 Å². The Labute approximate surface area is 202 Å². The fraction of sp³-hybridized carbons (Fsp3) is 0.407. The van der Waals surface area contributed by atoms with E-state index in [2.05, 4.69) is 40.5 Å². The summed E-state index contributed by atoms with van der Waals surface area (Å²) in [5.74, 6) is 0.788. The van der Waals surface area contributed by atoms with Crippen LogP contribution in [0.4, 0.5) is 4.79 Å². The van der Waals surface area contributed by atoms with E-state index in [1.807, 2.05) is 54.6 Å². The number of nitrogens with zero attached hydrogens (tertiary/aromatic N) is 4. The molecule has 0 atom stereocenters. The third-order valence-corrected chi connectivity index (χ3v) is 6.31. The van der Waals surface area contributed by atoms with Gasteiger partial charge in [-0.05, 0) is 38.5 Å². The SMILES string of the molecule is CCNC(=O)N(Cc1nn(-c2ccccc2OC)c2c1CN(Cc1ccccc1)CC2)C(C)C. The molecule has 4 rings (SSSR count). The van der Waals surface area contributed by atoms with Gasteiger partial charge in [-0.2, -0.15) is 5.10 Å². The fourth-order valence-electron chi connectivity index (χ4n) is 4.55. The zero-order chi connectivity index (χ0) is 24.1. The second-order valence-electron chi connectivity index (χ2n) is 8.96. The number of ether oxygens (including phenoxy) is 1. The Morgan fingerprint density at radius 1 is 1.15 bits per heavy atom. The number of methoxy groups -OCH3 is 1. The summed E-state index contributed by atoms with van der Waals surface area (Å²) in [4.78, 5) is 17.1. The third-order valence-electron chi connectivity index (χ3n) is 6.31. The molecule has 34 heavy (non-hydrogen) atoms. The molecular weight excluding hydrogens is 426 g/mol. The molecule has 2 aromatic carbocycles. The van der Waals surface area contributed by atoms with Crippen molar-refractivity contribution in [3.63, 3.8) is 0 Å². The van der Waals surface area contributed by atoms with Crippen molar-refractivity contribution >= 4 is 6.03 Å². The molecule has 0 aliphatic carbocycles. The molecule has 3 aromatic rings. The Kier molecular flexibility index (Phi) is 7.53. The molecule has 0 fully saturated rings. The van der Waals surface area contributed by atoms with E-state index >= 15 is 0 Å². The van der Waals surface area contributed by atoms with Crippen molar-refractivity contribution in [2.45, 2.75) is 52.9 Å². The Balaban J connectivity index is 1.71. The van der Waals surface area contributed by atoms with E-state index in [1.54, 1.807) is 7.11 Å². The number of urea groups is 1. The Hall–Kier alpha value is -3.32. The quantitative estimate of drug-likeness (QED) is 0.541. The number of hydrogen-bond donors (Lipinski definition) is 1. The molecule has 0 saturated heterocycles. The molecule has 0 unspecified atom stereocenters. The number of nitrogens with one attached hydrogen (secondary N) is 1. The first kappa shape index (κ1) is 23.8. The summed E-state index contributed by atoms with van der Waals surface area (Å²) in [6, 6.07) is 18.5. The van der Waals surface area contributed by atoms with Crippen LogP contribution in [0.1, 0.15) is 43.3 Å². The van der Waals surface area contributed by atoms with Gasteiger partial charge in [0.25, 0.3) is 0 Å². The number of para-hydroxylation sites is 2. The molecular formula is C27H35N5O2. The van der Waals surface area contributed by atoms with Crippen LogP contribution >= 0.6 is 0 Å². The number of rotatable bonds is 8. The number of carbonyl (C=O) groups is 1. The maximum absolute atomic E-state index is 12.8. The summed E-state index contributed by atoms with van der Waals surface area (Å²) >= 11 is 0. The summed E-state index contributed by atoms with van der Waals surface area (Å²) < 4.78 is 7.67. The second-order valence-corrected chi connectivity index (χ2v) is 8.96. The van der Waals surface area contributed by atoms with Crippen LogP contribution in [0.3, 0.4) is 0 Å². The average Bonchev–Trinajstić information content (AvgIpc) is 3.20. The van der Waals surface area contributed by atoms with Crippen molar-refractivity contribution in [1.29, 1.82) is 0 Å². The third kappa shape index (κ3) is 5.09. The molecule has 0 saturated carbocycles. The monoisotopic (exact) mass is 461 g/mol. The van der Waals surface area contributed by atoms with Crippen molar-refractivity contribution in [2.75, 3.05) is 20.2 Å². The summed E-state index contributed by atoms with van der Waals surface area (Å²) in [6.45, 7) is 9.73. The van der Waals surface area contributed by atoms with Crippen LogP contribution in [0, 0.1) is 0 Å². The molecule has 1 N–H and O–H groups in total. The summed E-state index contributed by atoms with van der Waals surface area (Å²) in [5, 5.41) is 8.01. The zero-order valence-corrected chi connectivity index (χ0v) is 20.6. The van der Waals surface area contributed by atoms with Gasteiger partial charge >= 0.3 is 6.03 Å². The number of fused-ring (bicyclic) bond motifs is 1. The lowest BCUT2D eigenvalue weighted by atomic mass is 10.0. The van der Waals surface area contributed by atoms with Crippen molar-refractivity contribution < 1.29 is 9.53 Å². The van der Waals surface area contributed by atoms with Crippen LogP contribution in [0.2, 0.25) is 0 Å². The molecule has 1 aromatic heterocycles. The highest BCUT2D eigenvalue weighted by Gasteiger charge is 2.29. The molecule has 7 nitrogen and oxygen atoms in total. The van der Waals surface area contributed by atoms with Crippen LogP contribution in [0.25, 0.3) is 5.69 Å². The van der Waals surface area contributed by atoms with Gasteiger partial charge in [0.15, 0.2) is 0 Å². The van der Waals surface area contributed by atoms with E-state index in [-0.39, 0.29) is 12.1 Å². The molecule has 2 amide bonds. The van der Waals surface area contributed by atoms with Gasteiger partial charge < -0.3 is 15.0 Å². The van der Waals surface area contributed by atoms with Gasteiger partial charge in [0.1, 0.15) is 11.4 Å². The second kappa shape index (κ2) is 10.7. The zero-order valence-electron chi connectivity index (χ0n) is 20.6. The van der Waals surface area contributed by atoms with Gasteiger partial charge in [0, 0.05) is 44.2 Å². The van der Waals surface area contributed by atoms with Crippen LogP contribution in [-0.4, -0.2) is 51.9 Å². The number of amides is 2. The first-order valence-corrected chi connectivity index (χ1v) is 12.1. The van der Waals surface area contributed by atoms with Crippen LogP contribution in [-0.2, 0) is 26.1 Å². The molecule has 180 valence electrons. The topological polar surface area (TPSA) is 62.6 Å². The number of carbonyl (C=O) groups excluding carboxylic acids is 1. The van der Waals surface area contributed by atoms with E-state index < -0.39 is 0 Å². The van der Waals surface area contributed by atoms with Crippen molar-refractivity contribution in [2.24, 2.45) is 0 Å². The van der Waals surface area contributed by atoms with Crippen molar-refractivity contribution in [3.05, 3.63) is 77.1 Å². The normalized spacial score (nSPS) is 13.6. The molecule has 0 spiro atoms. The van der Waals surface area contributed by atoms with E-state index in [9.17, 15) is 4.79 Å². The summed E-state index contributed by atoms with van der Waals surface area (Å²) in [6.07, 6.45) is 0.885. The molecule has 2 heterocycles. The van der Waals surface area contributed by atoms with Gasteiger partial charge in [0.2, 0.25) is 0 Å². The Bertz CT molecular complexity index is 1110. The van der Waals surface area contributed by atoms with Gasteiger partial charge in [-0.1, -0.05) is 42.5 Å². The number of benzene rings is 2. The van der Waals surface area contributed by atoms with Crippen LogP contribution < -0.4 is 10.1 Å². The average molecular weight is 462 g/mol. The molecule has 1 aliphatic rings. The van der Waals surface area contributed by atoms with Crippen molar-refractivity contribution in [3.8, 4) is 11.4 Å². The predicted octanol–water partition coefficient (Wildman–Crippen LogP) is 4.38. The molecule has 0 bridgehead atoms. The lowest BCUT2D eigenvalue weighted by molar-refractivity contribution is 0.178. The highest BCUT2D eigenvalue weighted by molar-refractivity contribution is 5.74. The lowest BCUT2D eigenvalue weighted by Crippen LogP contribution is -2.43. The maximum Gasteiger partial charge on any atom is 0.317 e. The summed E-state index contributed by atoms with van der Waals surface area (Å²) in [5.41, 5.74) is 5.58. The van der Waals surface area contributed by atoms with E-state index in [0.717, 1.165) is 43.2 Å². The minimum Gasteiger partial charge on any atom is -0.494 e. The van der Waals surface area contributed by atoms with Crippen LogP contribution in [0.15, 0.2) is 54.6 Å².